The quantitative estimate of drug-likeness (QED) is 0.608. The molecule has 0 unspecified atom stereocenters. The summed E-state index contributed by atoms with van der Waals surface area (Å²) in [5, 5.41) is 2.81. The molecule has 0 fully saturated rings. The predicted octanol–water partition coefficient (Wildman–Crippen LogP) is 0.814. The number of ether oxygens (including phenoxy) is 1. The third kappa shape index (κ3) is 2.62. The Hall–Kier alpha value is -0.990. The summed E-state index contributed by atoms with van der Waals surface area (Å²) in [6, 6.07) is 0.149. The van der Waals surface area contributed by atoms with E-state index in [-0.39, 0.29) is 18.1 Å². The lowest BCUT2D eigenvalue weighted by molar-refractivity contribution is -0.119. The number of hydrogen-bond acceptors (Lipinski definition) is 2. The SMILES string of the molecule is CC(=O)N[C@H]1C=CO[C@H](C)C1. The van der Waals surface area contributed by atoms with E-state index in [9.17, 15) is 4.79 Å². The molecular weight excluding hydrogens is 142 g/mol. The van der Waals surface area contributed by atoms with Gasteiger partial charge in [-0.05, 0) is 13.0 Å². The summed E-state index contributed by atoms with van der Waals surface area (Å²) in [5.41, 5.74) is 0. The summed E-state index contributed by atoms with van der Waals surface area (Å²) in [6.07, 6.45) is 4.57. The van der Waals surface area contributed by atoms with Crippen molar-refractivity contribution in [2.24, 2.45) is 0 Å². The summed E-state index contributed by atoms with van der Waals surface area (Å²) in [6.45, 7) is 3.51. The maximum atomic E-state index is 10.6. The van der Waals surface area contributed by atoms with Gasteiger partial charge in [-0.15, -0.1) is 0 Å². The van der Waals surface area contributed by atoms with Gasteiger partial charge in [-0.2, -0.15) is 0 Å². The first kappa shape index (κ1) is 8.11. The van der Waals surface area contributed by atoms with Gasteiger partial charge in [0.2, 0.25) is 5.91 Å². The van der Waals surface area contributed by atoms with Gasteiger partial charge in [0, 0.05) is 13.3 Å². The molecule has 3 heteroatoms. The van der Waals surface area contributed by atoms with Crippen LogP contribution in [0.25, 0.3) is 0 Å². The van der Waals surface area contributed by atoms with Crippen LogP contribution in [0.1, 0.15) is 20.3 Å². The molecule has 0 saturated heterocycles. The van der Waals surface area contributed by atoms with E-state index < -0.39 is 0 Å². The first-order valence-electron chi connectivity index (χ1n) is 3.77. The highest BCUT2D eigenvalue weighted by molar-refractivity contribution is 5.73. The lowest BCUT2D eigenvalue weighted by Gasteiger charge is -2.22. The number of carbonyl (C=O) groups is 1. The van der Waals surface area contributed by atoms with Crippen molar-refractivity contribution in [1.29, 1.82) is 0 Å². The summed E-state index contributed by atoms with van der Waals surface area (Å²) in [7, 11) is 0. The highest BCUT2D eigenvalue weighted by atomic mass is 16.5. The van der Waals surface area contributed by atoms with E-state index in [0.717, 1.165) is 6.42 Å². The minimum atomic E-state index is 0.00810. The highest BCUT2D eigenvalue weighted by Gasteiger charge is 2.14. The van der Waals surface area contributed by atoms with Crippen molar-refractivity contribution in [3.05, 3.63) is 12.3 Å². The first-order valence-corrected chi connectivity index (χ1v) is 3.77. The van der Waals surface area contributed by atoms with E-state index >= 15 is 0 Å². The number of rotatable bonds is 1. The molecule has 1 heterocycles. The van der Waals surface area contributed by atoms with Crippen LogP contribution in [-0.2, 0) is 9.53 Å². The lowest BCUT2D eigenvalue weighted by atomic mass is 10.1. The molecule has 1 aliphatic heterocycles. The zero-order valence-electron chi connectivity index (χ0n) is 6.83. The van der Waals surface area contributed by atoms with Crippen LogP contribution in [0.2, 0.25) is 0 Å². The summed E-state index contributed by atoms with van der Waals surface area (Å²) >= 11 is 0. The third-order valence-corrected chi connectivity index (χ3v) is 1.60. The monoisotopic (exact) mass is 155 g/mol. The highest BCUT2D eigenvalue weighted by Crippen LogP contribution is 2.09. The van der Waals surface area contributed by atoms with Gasteiger partial charge in [0.05, 0.1) is 18.4 Å². The van der Waals surface area contributed by atoms with Gasteiger partial charge in [-0.1, -0.05) is 0 Å². The summed E-state index contributed by atoms with van der Waals surface area (Å²) < 4.78 is 5.16. The Morgan fingerprint density at radius 2 is 2.45 bits per heavy atom. The second-order valence-corrected chi connectivity index (χ2v) is 2.82. The van der Waals surface area contributed by atoms with Gasteiger partial charge in [0.25, 0.3) is 0 Å². The fraction of sp³-hybridized carbons (Fsp3) is 0.625. The first-order chi connectivity index (χ1) is 5.18. The van der Waals surface area contributed by atoms with Gasteiger partial charge in [-0.25, -0.2) is 0 Å². The summed E-state index contributed by atoms with van der Waals surface area (Å²) in [5.74, 6) is 0.00810. The summed E-state index contributed by atoms with van der Waals surface area (Å²) in [4.78, 5) is 10.6. The van der Waals surface area contributed by atoms with Crippen molar-refractivity contribution in [2.75, 3.05) is 0 Å². The Morgan fingerprint density at radius 1 is 1.73 bits per heavy atom. The van der Waals surface area contributed by atoms with Crippen molar-refractivity contribution in [3.8, 4) is 0 Å². The normalized spacial score (nSPS) is 29.3. The van der Waals surface area contributed by atoms with Crippen molar-refractivity contribution in [2.45, 2.75) is 32.4 Å². The molecule has 11 heavy (non-hydrogen) atoms. The van der Waals surface area contributed by atoms with Gasteiger partial charge < -0.3 is 10.1 Å². The standard InChI is InChI=1S/C8H13NO2/c1-6-5-8(3-4-11-6)9-7(2)10/h3-4,6,8H,5H2,1-2H3,(H,9,10)/t6-,8+/m1/s1. The zero-order chi connectivity index (χ0) is 8.27. The average Bonchev–Trinajstić information content (AvgIpc) is 1.85. The molecule has 1 rings (SSSR count). The molecule has 1 aliphatic rings. The molecule has 0 aromatic rings. The molecule has 0 radical (unpaired) electrons. The Bertz CT molecular complexity index is 177. The van der Waals surface area contributed by atoms with Crippen LogP contribution < -0.4 is 5.32 Å². The third-order valence-electron chi connectivity index (χ3n) is 1.60. The molecule has 0 spiro atoms. The number of nitrogens with one attached hydrogen (secondary N) is 1. The maximum absolute atomic E-state index is 10.6. The largest absolute Gasteiger partial charge is 0.498 e. The maximum Gasteiger partial charge on any atom is 0.217 e. The second-order valence-electron chi connectivity index (χ2n) is 2.82. The molecule has 0 aromatic carbocycles. The minimum absolute atomic E-state index is 0.00810. The predicted molar refractivity (Wildman–Crippen MR) is 41.9 cm³/mol. The number of amides is 1. The number of hydrogen-bond donors (Lipinski definition) is 1. The minimum Gasteiger partial charge on any atom is -0.498 e. The van der Waals surface area contributed by atoms with Crippen LogP contribution in [0.15, 0.2) is 12.3 Å². The van der Waals surface area contributed by atoms with Crippen LogP contribution in [0, 0.1) is 0 Å². The van der Waals surface area contributed by atoms with Gasteiger partial charge in [-0.3, -0.25) is 4.79 Å². The van der Waals surface area contributed by atoms with Crippen molar-refractivity contribution in [1.82, 2.24) is 5.32 Å². The van der Waals surface area contributed by atoms with Gasteiger partial charge >= 0.3 is 0 Å². The van der Waals surface area contributed by atoms with E-state index in [1.165, 1.54) is 6.92 Å². The van der Waals surface area contributed by atoms with Crippen molar-refractivity contribution in [3.63, 3.8) is 0 Å². The van der Waals surface area contributed by atoms with Crippen LogP contribution in [0.3, 0.4) is 0 Å². The van der Waals surface area contributed by atoms with E-state index in [1.54, 1.807) is 6.26 Å². The Labute approximate surface area is 66.4 Å². The van der Waals surface area contributed by atoms with Crippen LogP contribution in [0.4, 0.5) is 0 Å². The lowest BCUT2D eigenvalue weighted by Crippen LogP contribution is -2.36. The topological polar surface area (TPSA) is 38.3 Å². The molecule has 0 aliphatic carbocycles. The fourth-order valence-electron chi connectivity index (χ4n) is 1.13. The van der Waals surface area contributed by atoms with E-state index in [2.05, 4.69) is 5.32 Å². The fourth-order valence-corrected chi connectivity index (χ4v) is 1.13. The average molecular weight is 155 g/mol. The Morgan fingerprint density at radius 3 is 3.00 bits per heavy atom. The Kier molecular flexibility index (Phi) is 2.52. The van der Waals surface area contributed by atoms with Gasteiger partial charge in [0.15, 0.2) is 0 Å². The van der Waals surface area contributed by atoms with Crippen LogP contribution >= 0.6 is 0 Å². The second kappa shape index (κ2) is 3.42. The van der Waals surface area contributed by atoms with Crippen molar-refractivity contribution >= 4 is 5.91 Å². The molecule has 3 nitrogen and oxygen atoms in total. The van der Waals surface area contributed by atoms with E-state index in [1.807, 2.05) is 13.0 Å². The molecule has 2 atom stereocenters. The van der Waals surface area contributed by atoms with Gasteiger partial charge in [0.1, 0.15) is 0 Å². The van der Waals surface area contributed by atoms with Crippen LogP contribution in [-0.4, -0.2) is 18.1 Å². The van der Waals surface area contributed by atoms with E-state index in [0.29, 0.717) is 0 Å². The molecule has 0 saturated carbocycles. The van der Waals surface area contributed by atoms with Crippen molar-refractivity contribution < 1.29 is 9.53 Å². The molecule has 1 N–H and O–H groups in total. The van der Waals surface area contributed by atoms with E-state index in [4.69, 9.17) is 4.74 Å². The van der Waals surface area contributed by atoms with Crippen LogP contribution in [0.5, 0.6) is 0 Å². The molecule has 1 amide bonds. The molecule has 0 aromatic heterocycles. The smallest absolute Gasteiger partial charge is 0.217 e. The zero-order valence-corrected chi connectivity index (χ0v) is 6.83. The Balaban J connectivity index is 2.40. The molecular formula is C8H13NO2. The number of carbonyl (C=O) groups excluding carboxylic acids is 1. The molecule has 0 bridgehead atoms. The molecule has 62 valence electrons.